The van der Waals surface area contributed by atoms with E-state index < -0.39 is 0 Å². The van der Waals surface area contributed by atoms with Crippen molar-refractivity contribution in [1.82, 2.24) is 5.32 Å². The van der Waals surface area contributed by atoms with Crippen LogP contribution in [0.15, 0.2) is 0 Å². The van der Waals surface area contributed by atoms with Gasteiger partial charge >= 0.3 is 0 Å². The average molecular weight is 231 g/mol. The van der Waals surface area contributed by atoms with E-state index in [1.165, 1.54) is 6.42 Å². The van der Waals surface area contributed by atoms with Crippen molar-refractivity contribution in [2.75, 3.05) is 12.4 Å². The van der Waals surface area contributed by atoms with Crippen molar-refractivity contribution >= 4 is 17.7 Å². The molecule has 1 aliphatic heterocycles. The fourth-order valence-corrected chi connectivity index (χ4v) is 2.90. The van der Waals surface area contributed by atoms with Crippen LogP contribution in [0.25, 0.3) is 0 Å². The molecule has 1 heterocycles. The molecule has 15 heavy (non-hydrogen) atoms. The summed E-state index contributed by atoms with van der Waals surface area (Å²) in [5, 5.41) is 12.0. The molecule has 0 spiro atoms. The standard InChI is InChI=1S/C11H21NO2S/c1-11(2,6-7-13)12-10(14)9-5-3-4-8-15-9/h9,13H,3-8H2,1-2H3,(H,12,14). The van der Waals surface area contributed by atoms with Crippen molar-refractivity contribution in [1.29, 1.82) is 0 Å². The number of rotatable bonds is 4. The monoisotopic (exact) mass is 231 g/mol. The fourth-order valence-electron chi connectivity index (χ4n) is 1.70. The Morgan fingerprint density at radius 1 is 1.53 bits per heavy atom. The number of amides is 1. The Balaban J connectivity index is 2.39. The van der Waals surface area contributed by atoms with Crippen molar-refractivity contribution < 1.29 is 9.90 Å². The van der Waals surface area contributed by atoms with Gasteiger partial charge in [-0.05, 0) is 38.9 Å². The van der Waals surface area contributed by atoms with Crippen LogP contribution in [0.3, 0.4) is 0 Å². The van der Waals surface area contributed by atoms with Gasteiger partial charge in [-0.2, -0.15) is 0 Å². The highest BCUT2D eigenvalue weighted by molar-refractivity contribution is 8.00. The highest BCUT2D eigenvalue weighted by Crippen LogP contribution is 2.25. The first-order valence-electron chi connectivity index (χ1n) is 5.60. The molecule has 1 fully saturated rings. The highest BCUT2D eigenvalue weighted by Gasteiger charge is 2.26. The molecule has 3 nitrogen and oxygen atoms in total. The molecule has 2 N–H and O–H groups in total. The minimum atomic E-state index is -0.288. The summed E-state index contributed by atoms with van der Waals surface area (Å²) < 4.78 is 0. The van der Waals surface area contributed by atoms with E-state index in [0.29, 0.717) is 6.42 Å². The normalized spacial score (nSPS) is 22.5. The van der Waals surface area contributed by atoms with Crippen LogP contribution in [-0.2, 0) is 4.79 Å². The quantitative estimate of drug-likeness (QED) is 0.772. The zero-order valence-corrected chi connectivity index (χ0v) is 10.4. The maximum Gasteiger partial charge on any atom is 0.233 e. The van der Waals surface area contributed by atoms with Gasteiger partial charge in [0.2, 0.25) is 5.91 Å². The predicted molar refractivity (Wildman–Crippen MR) is 64.0 cm³/mol. The van der Waals surface area contributed by atoms with Gasteiger partial charge in [-0.3, -0.25) is 4.79 Å². The van der Waals surface area contributed by atoms with Crippen LogP contribution in [0.2, 0.25) is 0 Å². The lowest BCUT2D eigenvalue weighted by Gasteiger charge is -2.29. The molecule has 0 bridgehead atoms. The first-order valence-corrected chi connectivity index (χ1v) is 6.64. The summed E-state index contributed by atoms with van der Waals surface area (Å²) >= 11 is 1.76. The largest absolute Gasteiger partial charge is 0.396 e. The summed E-state index contributed by atoms with van der Waals surface area (Å²) in [7, 11) is 0. The third kappa shape index (κ3) is 4.43. The van der Waals surface area contributed by atoms with E-state index in [-0.39, 0.29) is 23.3 Å². The van der Waals surface area contributed by atoms with Crippen LogP contribution in [0, 0.1) is 0 Å². The van der Waals surface area contributed by atoms with E-state index >= 15 is 0 Å². The summed E-state index contributed by atoms with van der Waals surface area (Å²) in [6, 6.07) is 0. The first kappa shape index (κ1) is 12.8. The van der Waals surface area contributed by atoms with Gasteiger partial charge in [-0.15, -0.1) is 11.8 Å². The second kappa shape index (κ2) is 5.75. The molecule has 0 saturated carbocycles. The summed E-state index contributed by atoms with van der Waals surface area (Å²) in [4.78, 5) is 11.9. The second-order valence-corrected chi connectivity index (χ2v) is 6.01. The van der Waals surface area contributed by atoms with Crippen LogP contribution in [-0.4, -0.2) is 34.2 Å². The molecule has 1 aliphatic rings. The van der Waals surface area contributed by atoms with Crippen LogP contribution < -0.4 is 5.32 Å². The van der Waals surface area contributed by atoms with Crippen LogP contribution in [0.1, 0.15) is 39.5 Å². The Hall–Kier alpha value is -0.220. The van der Waals surface area contributed by atoms with E-state index in [4.69, 9.17) is 5.11 Å². The van der Waals surface area contributed by atoms with Crippen LogP contribution in [0.5, 0.6) is 0 Å². The Bertz CT molecular complexity index is 213. The maximum atomic E-state index is 11.9. The SMILES string of the molecule is CC(C)(CCO)NC(=O)C1CCCCS1. The van der Waals surface area contributed by atoms with Gasteiger partial charge in [0, 0.05) is 12.1 Å². The van der Waals surface area contributed by atoms with Crippen molar-refractivity contribution in [3.05, 3.63) is 0 Å². The fraction of sp³-hybridized carbons (Fsp3) is 0.909. The molecule has 4 heteroatoms. The van der Waals surface area contributed by atoms with Crippen molar-refractivity contribution in [2.24, 2.45) is 0 Å². The lowest BCUT2D eigenvalue weighted by atomic mass is 10.0. The van der Waals surface area contributed by atoms with E-state index in [1.54, 1.807) is 11.8 Å². The molecule has 0 aromatic rings. The topological polar surface area (TPSA) is 49.3 Å². The zero-order valence-electron chi connectivity index (χ0n) is 9.58. The minimum absolute atomic E-state index is 0.116. The highest BCUT2D eigenvalue weighted by atomic mass is 32.2. The average Bonchev–Trinajstić information content (AvgIpc) is 2.18. The van der Waals surface area contributed by atoms with Gasteiger partial charge in [-0.25, -0.2) is 0 Å². The third-order valence-electron chi connectivity index (χ3n) is 2.67. The molecule has 0 aromatic heterocycles. The molecule has 1 saturated heterocycles. The Morgan fingerprint density at radius 3 is 2.80 bits per heavy atom. The number of carbonyl (C=O) groups excluding carboxylic acids is 1. The smallest absolute Gasteiger partial charge is 0.233 e. The first-order chi connectivity index (χ1) is 7.05. The van der Waals surface area contributed by atoms with Crippen LogP contribution >= 0.6 is 11.8 Å². The van der Waals surface area contributed by atoms with Gasteiger partial charge in [0.25, 0.3) is 0 Å². The van der Waals surface area contributed by atoms with Gasteiger partial charge < -0.3 is 10.4 Å². The van der Waals surface area contributed by atoms with Crippen molar-refractivity contribution in [2.45, 2.75) is 50.3 Å². The van der Waals surface area contributed by atoms with Gasteiger partial charge in [0.05, 0.1) is 5.25 Å². The third-order valence-corrected chi connectivity index (χ3v) is 4.05. The number of aliphatic hydroxyl groups is 1. The lowest BCUT2D eigenvalue weighted by molar-refractivity contribution is -0.122. The Morgan fingerprint density at radius 2 is 2.27 bits per heavy atom. The minimum Gasteiger partial charge on any atom is -0.396 e. The number of hydrogen-bond donors (Lipinski definition) is 2. The summed E-state index contributed by atoms with van der Waals surface area (Å²) in [6.07, 6.45) is 3.99. The molecule has 1 amide bonds. The number of carbonyl (C=O) groups is 1. The van der Waals surface area contributed by atoms with Crippen molar-refractivity contribution in [3.63, 3.8) is 0 Å². The van der Waals surface area contributed by atoms with Gasteiger partial charge in [-0.1, -0.05) is 6.42 Å². The molecule has 1 rings (SSSR count). The summed E-state index contributed by atoms with van der Waals surface area (Å²) in [6.45, 7) is 4.02. The molecular weight excluding hydrogens is 210 g/mol. The van der Waals surface area contributed by atoms with Crippen molar-refractivity contribution in [3.8, 4) is 0 Å². The van der Waals surface area contributed by atoms with E-state index in [9.17, 15) is 4.79 Å². The molecule has 1 atom stereocenters. The summed E-state index contributed by atoms with van der Waals surface area (Å²) in [5.41, 5.74) is -0.288. The number of thioether (sulfide) groups is 1. The molecule has 1 unspecified atom stereocenters. The molecule has 0 aromatic carbocycles. The Labute approximate surface area is 96.0 Å². The zero-order chi connectivity index (χ0) is 11.3. The maximum absolute atomic E-state index is 11.9. The lowest BCUT2D eigenvalue weighted by Crippen LogP contribution is -2.48. The molecular formula is C11H21NO2S. The van der Waals surface area contributed by atoms with Gasteiger partial charge in [0.1, 0.15) is 0 Å². The van der Waals surface area contributed by atoms with Gasteiger partial charge in [0.15, 0.2) is 0 Å². The predicted octanol–water partition coefficient (Wildman–Crippen LogP) is 1.55. The van der Waals surface area contributed by atoms with Crippen LogP contribution in [0.4, 0.5) is 0 Å². The van der Waals surface area contributed by atoms with E-state index in [0.717, 1.165) is 18.6 Å². The summed E-state index contributed by atoms with van der Waals surface area (Å²) in [5.74, 6) is 1.23. The molecule has 0 aliphatic carbocycles. The second-order valence-electron chi connectivity index (χ2n) is 4.70. The molecule has 0 radical (unpaired) electrons. The number of hydrogen-bond acceptors (Lipinski definition) is 3. The number of nitrogens with one attached hydrogen (secondary N) is 1. The Kier molecular flexibility index (Phi) is 4.93. The van der Waals surface area contributed by atoms with E-state index in [2.05, 4.69) is 5.32 Å². The molecule has 88 valence electrons. The number of aliphatic hydroxyl groups excluding tert-OH is 1. The van der Waals surface area contributed by atoms with E-state index in [1.807, 2.05) is 13.8 Å².